The molecule has 0 radical (unpaired) electrons. The first kappa shape index (κ1) is 27.0. The summed E-state index contributed by atoms with van der Waals surface area (Å²) in [6.07, 6.45) is 3.47. The van der Waals surface area contributed by atoms with Crippen molar-refractivity contribution in [1.29, 1.82) is 0 Å². The number of aryl methyl sites for hydroxylation is 1. The Hall–Kier alpha value is -3.19. The Morgan fingerprint density at radius 3 is 2.42 bits per heavy atom. The van der Waals surface area contributed by atoms with Crippen molar-refractivity contribution in [3.8, 4) is 22.7 Å². The second kappa shape index (κ2) is 12.1. The van der Waals surface area contributed by atoms with E-state index in [0.717, 1.165) is 72.0 Å². The molecule has 4 aromatic rings. The first-order valence-electron chi connectivity index (χ1n) is 14.5. The number of oxazole rings is 1. The van der Waals surface area contributed by atoms with Gasteiger partial charge < -0.3 is 14.2 Å². The van der Waals surface area contributed by atoms with E-state index < -0.39 is 0 Å². The van der Waals surface area contributed by atoms with Crippen LogP contribution in [0.25, 0.3) is 33.5 Å². The minimum atomic E-state index is 0.184. The van der Waals surface area contributed by atoms with Crippen LogP contribution < -0.4 is 0 Å². The van der Waals surface area contributed by atoms with Crippen LogP contribution in [-0.2, 0) is 11.2 Å². The Morgan fingerprint density at radius 2 is 1.65 bits per heavy atom. The van der Waals surface area contributed by atoms with E-state index in [9.17, 15) is 4.79 Å². The predicted molar refractivity (Wildman–Crippen MR) is 161 cm³/mol. The summed E-state index contributed by atoms with van der Waals surface area (Å²) in [5.41, 5.74) is 2.66. The lowest BCUT2D eigenvalue weighted by Crippen LogP contribution is -2.50. The van der Waals surface area contributed by atoms with Crippen LogP contribution in [0.3, 0.4) is 0 Å². The van der Waals surface area contributed by atoms with Crippen LogP contribution in [0.5, 0.6) is 0 Å². The molecule has 0 bridgehead atoms. The van der Waals surface area contributed by atoms with Gasteiger partial charge in [0.05, 0.1) is 0 Å². The third-order valence-corrected chi connectivity index (χ3v) is 8.73. The summed E-state index contributed by atoms with van der Waals surface area (Å²) >= 11 is 6.17. The number of carbonyl (C=O) groups excluding carboxylic acids is 1. The second-order valence-corrected chi connectivity index (χ2v) is 11.7. The smallest absolute Gasteiger partial charge is 0.227 e. The Bertz CT molecular complexity index is 1450. The van der Waals surface area contributed by atoms with Crippen LogP contribution >= 0.6 is 11.6 Å². The molecule has 40 heavy (non-hydrogen) atoms. The zero-order valence-electron chi connectivity index (χ0n) is 23.2. The van der Waals surface area contributed by atoms with E-state index in [0.29, 0.717) is 23.8 Å². The maximum atomic E-state index is 13.3. The average molecular weight is 557 g/mol. The van der Waals surface area contributed by atoms with Gasteiger partial charge in [-0.1, -0.05) is 60.1 Å². The molecule has 2 aliphatic heterocycles. The van der Waals surface area contributed by atoms with Crippen LogP contribution in [0.1, 0.15) is 25.0 Å². The molecular weight excluding hydrogens is 520 g/mol. The quantitative estimate of drug-likeness (QED) is 0.270. The average Bonchev–Trinajstić information content (AvgIpc) is 3.41. The molecule has 7 heteroatoms. The first-order chi connectivity index (χ1) is 19.5. The van der Waals surface area contributed by atoms with Crippen molar-refractivity contribution in [2.24, 2.45) is 5.92 Å². The summed E-state index contributed by atoms with van der Waals surface area (Å²) < 4.78 is 6.41. The van der Waals surface area contributed by atoms with Crippen molar-refractivity contribution in [1.82, 2.24) is 19.7 Å². The number of benzene rings is 3. The van der Waals surface area contributed by atoms with Gasteiger partial charge in [0.25, 0.3) is 0 Å². The van der Waals surface area contributed by atoms with Gasteiger partial charge in [-0.25, -0.2) is 4.98 Å². The van der Waals surface area contributed by atoms with Gasteiger partial charge in [-0.05, 0) is 67.9 Å². The van der Waals surface area contributed by atoms with E-state index in [-0.39, 0.29) is 5.91 Å². The number of nitrogens with zero attached hydrogens (tertiary/aromatic N) is 4. The minimum Gasteiger partial charge on any atom is -0.440 e. The Morgan fingerprint density at radius 1 is 0.925 bits per heavy atom. The second-order valence-electron chi connectivity index (χ2n) is 11.3. The van der Waals surface area contributed by atoms with E-state index in [4.69, 9.17) is 21.0 Å². The summed E-state index contributed by atoms with van der Waals surface area (Å²) in [6, 6.07) is 22.1. The fourth-order valence-electron chi connectivity index (χ4n) is 6.05. The summed E-state index contributed by atoms with van der Waals surface area (Å²) in [7, 11) is 2.21. The number of carbonyl (C=O) groups is 1. The summed E-state index contributed by atoms with van der Waals surface area (Å²) in [4.78, 5) is 25.2. The van der Waals surface area contributed by atoms with E-state index in [1.807, 2.05) is 53.4 Å². The molecule has 2 saturated heterocycles. The van der Waals surface area contributed by atoms with Crippen LogP contribution in [0.4, 0.5) is 0 Å². The monoisotopic (exact) mass is 556 g/mol. The van der Waals surface area contributed by atoms with Gasteiger partial charge in [0.2, 0.25) is 11.8 Å². The molecule has 2 fully saturated rings. The molecule has 208 valence electrons. The highest BCUT2D eigenvalue weighted by molar-refractivity contribution is 6.30. The van der Waals surface area contributed by atoms with Crippen molar-refractivity contribution in [2.75, 3.05) is 52.9 Å². The molecule has 0 N–H and O–H groups in total. The number of rotatable bonds is 7. The molecule has 0 unspecified atom stereocenters. The number of likely N-dealkylation sites (tertiary alicyclic amines) is 1. The number of hydrogen-bond donors (Lipinski definition) is 0. The number of aromatic nitrogens is 1. The highest BCUT2D eigenvalue weighted by Gasteiger charge is 2.26. The topological polar surface area (TPSA) is 52.8 Å². The number of piperidine rings is 1. The van der Waals surface area contributed by atoms with E-state index in [1.165, 1.54) is 25.9 Å². The third-order valence-electron chi connectivity index (χ3n) is 8.48. The summed E-state index contributed by atoms with van der Waals surface area (Å²) in [5.74, 6) is 2.28. The lowest BCUT2D eigenvalue weighted by molar-refractivity contribution is -0.133. The Balaban J connectivity index is 1.14. The molecule has 6 rings (SSSR count). The fourth-order valence-corrected chi connectivity index (χ4v) is 6.18. The molecule has 3 heterocycles. The maximum absolute atomic E-state index is 13.3. The minimum absolute atomic E-state index is 0.184. The van der Waals surface area contributed by atoms with E-state index in [2.05, 4.69) is 35.0 Å². The lowest BCUT2D eigenvalue weighted by Gasteiger charge is -2.38. The maximum Gasteiger partial charge on any atom is 0.227 e. The van der Waals surface area contributed by atoms with Crippen molar-refractivity contribution in [3.05, 3.63) is 77.5 Å². The van der Waals surface area contributed by atoms with Crippen molar-refractivity contribution < 1.29 is 9.21 Å². The standard InChI is InChI=1S/C33H37ClN4O2/c1-36-17-15-24(16-18-36)23-37-19-21-38(22-20-37)31(39)14-13-30-32(26-9-11-27(34)12-10-26)35-33(40-30)29-8-4-6-25-5-2-3-7-28(25)29/h2-12,24H,13-23H2,1H3. The van der Waals surface area contributed by atoms with Gasteiger partial charge in [0.15, 0.2) is 0 Å². The van der Waals surface area contributed by atoms with Gasteiger partial charge in [-0.3, -0.25) is 9.69 Å². The number of fused-ring (bicyclic) bond motifs is 1. The van der Waals surface area contributed by atoms with Crippen LogP contribution in [0, 0.1) is 5.92 Å². The first-order valence-corrected chi connectivity index (χ1v) is 14.8. The zero-order valence-corrected chi connectivity index (χ0v) is 23.9. The molecule has 1 amide bonds. The summed E-state index contributed by atoms with van der Waals surface area (Å²) in [6.45, 7) is 7.08. The van der Waals surface area contributed by atoms with Gasteiger partial charge in [-0.15, -0.1) is 0 Å². The largest absolute Gasteiger partial charge is 0.440 e. The molecule has 2 aliphatic rings. The predicted octanol–water partition coefficient (Wildman–Crippen LogP) is 6.23. The summed E-state index contributed by atoms with van der Waals surface area (Å²) in [5, 5.41) is 2.90. The lowest BCUT2D eigenvalue weighted by atomic mass is 9.96. The van der Waals surface area contributed by atoms with Gasteiger partial charge in [-0.2, -0.15) is 0 Å². The highest BCUT2D eigenvalue weighted by Crippen LogP contribution is 2.34. The van der Waals surface area contributed by atoms with Crippen LogP contribution in [-0.4, -0.2) is 78.5 Å². The third kappa shape index (κ3) is 6.09. The van der Waals surface area contributed by atoms with Gasteiger partial charge in [0.1, 0.15) is 11.5 Å². The number of piperazine rings is 1. The fraction of sp³-hybridized carbons (Fsp3) is 0.394. The van der Waals surface area contributed by atoms with E-state index >= 15 is 0 Å². The molecule has 0 aliphatic carbocycles. The molecule has 1 aromatic heterocycles. The molecule has 3 aromatic carbocycles. The molecule has 0 spiro atoms. The van der Waals surface area contributed by atoms with Crippen molar-refractivity contribution >= 4 is 28.3 Å². The van der Waals surface area contributed by atoms with Crippen LogP contribution in [0.2, 0.25) is 5.02 Å². The van der Waals surface area contributed by atoms with E-state index in [1.54, 1.807) is 0 Å². The number of halogens is 1. The van der Waals surface area contributed by atoms with Gasteiger partial charge in [0, 0.05) is 61.7 Å². The van der Waals surface area contributed by atoms with Crippen LogP contribution in [0.15, 0.2) is 71.1 Å². The Kier molecular flexibility index (Phi) is 8.19. The molecule has 6 nitrogen and oxygen atoms in total. The van der Waals surface area contributed by atoms with Crippen molar-refractivity contribution in [2.45, 2.75) is 25.7 Å². The zero-order chi connectivity index (χ0) is 27.5. The normalized spacial score (nSPS) is 17.5. The highest BCUT2D eigenvalue weighted by atomic mass is 35.5. The SMILES string of the molecule is CN1CCC(CN2CCN(C(=O)CCc3oc(-c4cccc5ccccc45)nc3-c3ccc(Cl)cc3)CC2)CC1. The molecule has 0 atom stereocenters. The number of hydrogen-bond acceptors (Lipinski definition) is 5. The Labute approximate surface area is 241 Å². The molecular formula is C33H37ClN4O2. The van der Waals surface area contributed by atoms with Crippen molar-refractivity contribution in [3.63, 3.8) is 0 Å². The number of amides is 1. The van der Waals surface area contributed by atoms with Gasteiger partial charge >= 0.3 is 0 Å². The molecule has 0 saturated carbocycles.